The van der Waals surface area contributed by atoms with E-state index in [1.165, 1.54) is 38.5 Å². The van der Waals surface area contributed by atoms with E-state index in [-0.39, 0.29) is 15.3 Å². The van der Waals surface area contributed by atoms with E-state index in [0.717, 1.165) is 13.2 Å². The van der Waals surface area contributed by atoms with E-state index in [1.807, 2.05) is 0 Å². The minimum atomic E-state index is -1.68. The maximum absolute atomic E-state index is 13.1. The normalized spacial score (nSPS) is 30.8. The summed E-state index contributed by atoms with van der Waals surface area (Å²) in [5, 5.41) is 0.270. The summed E-state index contributed by atoms with van der Waals surface area (Å²) in [6.45, 7) is 19.9. The van der Waals surface area contributed by atoms with Crippen LogP contribution in [-0.4, -0.2) is 40.3 Å². The molecular formula is C20H41NO2SSi. The van der Waals surface area contributed by atoms with Crippen LogP contribution in [0.15, 0.2) is 0 Å². The lowest BCUT2D eigenvalue weighted by Gasteiger charge is -2.46. The van der Waals surface area contributed by atoms with Crippen LogP contribution in [-0.2, 0) is 15.4 Å². The molecule has 1 aliphatic heterocycles. The van der Waals surface area contributed by atoms with Crippen LogP contribution in [0.4, 0.5) is 0 Å². The molecule has 2 unspecified atom stereocenters. The summed E-state index contributed by atoms with van der Waals surface area (Å²) in [4.78, 5) is 0. The fraction of sp³-hybridized carbons (Fsp3) is 1.00. The molecule has 5 heteroatoms. The molecule has 2 aliphatic rings. The SMILES string of the molecule is CC(C)(C)[S@](=O)N1CCCC12CCCC(CO[Si](C)(C)C(C)(C)C)C2. The summed E-state index contributed by atoms with van der Waals surface area (Å²) in [5.41, 5.74) is 0.165. The van der Waals surface area contributed by atoms with Crippen LogP contribution in [0, 0.1) is 5.92 Å². The summed E-state index contributed by atoms with van der Waals surface area (Å²) >= 11 is 0. The Hall–Kier alpha value is 0.287. The molecule has 2 rings (SSSR count). The minimum absolute atomic E-state index is 0.165. The Bertz CT molecular complexity index is 495. The van der Waals surface area contributed by atoms with E-state index < -0.39 is 19.3 Å². The zero-order valence-corrected chi connectivity index (χ0v) is 19.7. The average molecular weight is 388 g/mol. The number of hydrogen-bond acceptors (Lipinski definition) is 2. The molecule has 3 nitrogen and oxygen atoms in total. The van der Waals surface area contributed by atoms with Crippen LogP contribution in [0.5, 0.6) is 0 Å². The van der Waals surface area contributed by atoms with Gasteiger partial charge in [0.2, 0.25) is 0 Å². The first-order valence-corrected chi connectivity index (χ1v) is 14.1. The monoisotopic (exact) mass is 387 g/mol. The fourth-order valence-electron chi connectivity index (χ4n) is 4.10. The molecule has 25 heavy (non-hydrogen) atoms. The number of nitrogens with zero attached hydrogens (tertiary/aromatic N) is 1. The smallest absolute Gasteiger partial charge is 0.191 e. The summed E-state index contributed by atoms with van der Waals surface area (Å²) in [6.07, 6.45) is 7.31. The zero-order chi connectivity index (χ0) is 19.1. The Balaban J connectivity index is 2.06. The van der Waals surface area contributed by atoms with Gasteiger partial charge in [-0.3, -0.25) is 0 Å². The van der Waals surface area contributed by atoms with Gasteiger partial charge < -0.3 is 4.43 Å². The fourth-order valence-corrected chi connectivity index (χ4v) is 6.75. The molecule has 0 aromatic rings. The van der Waals surface area contributed by atoms with Crippen molar-refractivity contribution < 1.29 is 8.63 Å². The van der Waals surface area contributed by atoms with E-state index in [4.69, 9.17) is 4.43 Å². The first kappa shape index (κ1) is 21.6. The predicted molar refractivity (Wildman–Crippen MR) is 112 cm³/mol. The third-order valence-electron chi connectivity index (χ3n) is 6.67. The van der Waals surface area contributed by atoms with Gasteiger partial charge in [0.1, 0.15) is 11.0 Å². The molecule has 0 aromatic carbocycles. The average Bonchev–Trinajstić information content (AvgIpc) is 2.85. The van der Waals surface area contributed by atoms with Gasteiger partial charge in [-0.05, 0) is 76.9 Å². The lowest BCUT2D eigenvalue weighted by Crippen LogP contribution is -2.52. The molecule has 0 amide bonds. The van der Waals surface area contributed by atoms with E-state index in [2.05, 4.69) is 58.9 Å². The van der Waals surface area contributed by atoms with Crippen molar-refractivity contribution >= 4 is 19.3 Å². The van der Waals surface area contributed by atoms with Gasteiger partial charge >= 0.3 is 0 Å². The van der Waals surface area contributed by atoms with Crippen molar-refractivity contribution in [2.75, 3.05) is 13.2 Å². The highest BCUT2D eigenvalue weighted by Gasteiger charge is 2.49. The largest absolute Gasteiger partial charge is 0.417 e. The van der Waals surface area contributed by atoms with E-state index in [1.54, 1.807) is 0 Å². The van der Waals surface area contributed by atoms with Gasteiger partial charge in [-0.1, -0.05) is 27.2 Å². The molecule has 0 bridgehead atoms. The third kappa shape index (κ3) is 4.77. The highest BCUT2D eigenvalue weighted by molar-refractivity contribution is 7.84. The molecule has 0 radical (unpaired) electrons. The molecule has 1 spiro atoms. The van der Waals surface area contributed by atoms with Gasteiger partial charge in [-0.2, -0.15) is 0 Å². The summed E-state index contributed by atoms with van der Waals surface area (Å²) in [7, 11) is -2.58. The molecule has 2 fully saturated rings. The Kier molecular flexibility index (Phi) is 6.36. The molecule has 1 heterocycles. The Morgan fingerprint density at radius 2 is 1.72 bits per heavy atom. The molecule has 3 atom stereocenters. The number of rotatable bonds is 4. The highest BCUT2D eigenvalue weighted by Crippen LogP contribution is 2.46. The summed E-state index contributed by atoms with van der Waals surface area (Å²) in [5.74, 6) is 0.625. The predicted octanol–water partition coefficient (Wildman–Crippen LogP) is 5.50. The van der Waals surface area contributed by atoms with Crippen molar-refractivity contribution in [2.45, 2.75) is 108 Å². The second kappa shape index (κ2) is 7.37. The third-order valence-corrected chi connectivity index (χ3v) is 13.2. The number of hydrogen-bond donors (Lipinski definition) is 0. The van der Waals surface area contributed by atoms with Gasteiger partial charge in [0, 0.05) is 18.7 Å². The highest BCUT2D eigenvalue weighted by atomic mass is 32.2. The van der Waals surface area contributed by atoms with Crippen LogP contribution in [0.1, 0.15) is 80.1 Å². The van der Waals surface area contributed by atoms with Crippen LogP contribution in [0.3, 0.4) is 0 Å². The second-order valence-electron chi connectivity index (χ2n) is 10.8. The van der Waals surface area contributed by atoms with Gasteiger partial charge in [0.25, 0.3) is 0 Å². The van der Waals surface area contributed by atoms with Crippen molar-refractivity contribution in [2.24, 2.45) is 5.92 Å². The van der Waals surface area contributed by atoms with Crippen LogP contribution >= 0.6 is 0 Å². The Morgan fingerprint density at radius 3 is 2.28 bits per heavy atom. The van der Waals surface area contributed by atoms with Crippen molar-refractivity contribution in [1.29, 1.82) is 0 Å². The van der Waals surface area contributed by atoms with Crippen LogP contribution in [0.25, 0.3) is 0 Å². The van der Waals surface area contributed by atoms with Crippen molar-refractivity contribution in [1.82, 2.24) is 4.31 Å². The molecule has 0 aromatic heterocycles. The second-order valence-corrected chi connectivity index (χ2v) is 17.8. The van der Waals surface area contributed by atoms with Crippen LogP contribution in [0.2, 0.25) is 18.1 Å². The van der Waals surface area contributed by atoms with Crippen molar-refractivity contribution in [3.63, 3.8) is 0 Å². The standard InChI is InChI=1S/C20H41NO2SSi/c1-18(2,3)24(22)21-14-10-13-20(21)12-9-11-17(15-20)16-23-25(7,8)19(4,5)6/h17H,9-16H2,1-8H3/t17?,20?,24-/m0/s1. The Labute approximate surface area is 160 Å². The first-order chi connectivity index (χ1) is 11.3. The lowest BCUT2D eigenvalue weighted by molar-refractivity contribution is 0.0980. The van der Waals surface area contributed by atoms with Gasteiger partial charge in [-0.25, -0.2) is 8.51 Å². The molecule has 0 N–H and O–H groups in total. The zero-order valence-electron chi connectivity index (χ0n) is 17.9. The van der Waals surface area contributed by atoms with Gasteiger partial charge in [-0.15, -0.1) is 0 Å². The first-order valence-electron chi connectivity index (χ1n) is 10.1. The van der Waals surface area contributed by atoms with Crippen molar-refractivity contribution in [3.8, 4) is 0 Å². The Morgan fingerprint density at radius 1 is 1.12 bits per heavy atom. The molecular weight excluding hydrogens is 346 g/mol. The molecule has 1 aliphatic carbocycles. The van der Waals surface area contributed by atoms with Crippen molar-refractivity contribution in [3.05, 3.63) is 0 Å². The van der Waals surface area contributed by atoms with E-state index in [9.17, 15) is 4.21 Å². The maximum atomic E-state index is 13.1. The topological polar surface area (TPSA) is 29.5 Å². The van der Waals surface area contributed by atoms with Gasteiger partial charge in [0.05, 0.1) is 4.75 Å². The quantitative estimate of drug-likeness (QED) is 0.596. The van der Waals surface area contributed by atoms with E-state index in [0.29, 0.717) is 5.92 Å². The molecule has 1 saturated heterocycles. The lowest BCUT2D eigenvalue weighted by atomic mass is 9.75. The maximum Gasteiger partial charge on any atom is 0.191 e. The van der Waals surface area contributed by atoms with Gasteiger partial charge in [0.15, 0.2) is 8.32 Å². The van der Waals surface area contributed by atoms with Crippen LogP contribution < -0.4 is 0 Å². The summed E-state index contributed by atoms with van der Waals surface area (Å²) in [6, 6.07) is 0. The van der Waals surface area contributed by atoms with E-state index >= 15 is 0 Å². The minimum Gasteiger partial charge on any atom is -0.417 e. The molecule has 148 valence electrons. The molecule has 1 saturated carbocycles. The summed E-state index contributed by atoms with van der Waals surface area (Å²) < 4.78 is 21.9.